The first kappa shape index (κ1) is 18.1. The lowest BCUT2D eigenvalue weighted by Gasteiger charge is -2.28. The van der Waals surface area contributed by atoms with Gasteiger partial charge in [0.2, 0.25) is 15.6 Å². The molecule has 1 atom stereocenters. The lowest BCUT2D eigenvalue weighted by Crippen LogP contribution is -2.62. The molecule has 0 aliphatic heterocycles. The molecule has 0 aliphatic carbocycles. The molecule has 0 aromatic carbocycles. The molecule has 0 aliphatic rings. The van der Waals surface area contributed by atoms with E-state index in [0.29, 0.717) is 6.26 Å². The highest BCUT2D eigenvalue weighted by Gasteiger charge is 2.59. The van der Waals surface area contributed by atoms with Crippen molar-refractivity contribution in [3.8, 4) is 0 Å². The zero-order valence-electron chi connectivity index (χ0n) is 9.85. The number of sulfone groups is 1. The number of carboxylic acid groups (broad SMARTS) is 1. The highest BCUT2D eigenvalue weighted by Crippen LogP contribution is 2.31. The maximum Gasteiger partial charge on any atom is 0.418 e. The molecular formula is C7H12F3NO6S2. The Hall–Kier alpha value is -0.880. The van der Waals surface area contributed by atoms with Gasteiger partial charge in [0.15, 0.2) is 0 Å². The van der Waals surface area contributed by atoms with Gasteiger partial charge in [0.1, 0.15) is 9.84 Å². The SMILES string of the molecule is CC(NS(=O)(=O)CCS(C)(=O)=O)(C(=O)O)C(F)(F)F. The zero-order valence-corrected chi connectivity index (χ0v) is 11.5. The van der Waals surface area contributed by atoms with E-state index in [1.54, 1.807) is 0 Å². The Morgan fingerprint density at radius 1 is 1.16 bits per heavy atom. The Balaban J connectivity index is 5.24. The summed E-state index contributed by atoms with van der Waals surface area (Å²) in [4.78, 5) is 10.6. The van der Waals surface area contributed by atoms with E-state index in [2.05, 4.69) is 0 Å². The van der Waals surface area contributed by atoms with Crippen LogP contribution in [0.2, 0.25) is 0 Å². The minimum absolute atomic E-state index is 0.132. The zero-order chi connectivity index (χ0) is 15.7. The standard InChI is InChI=1S/C7H12F3NO6S2/c1-6(5(12)13,7(8,9)10)11-19(16,17)4-3-18(2,14)15/h11H,3-4H2,1-2H3,(H,12,13). The molecule has 0 aromatic heterocycles. The average Bonchev–Trinajstić information content (AvgIpc) is 2.11. The van der Waals surface area contributed by atoms with Gasteiger partial charge in [-0.15, -0.1) is 0 Å². The smallest absolute Gasteiger partial charge is 0.418 e. The summed E-state index contributed by atoms with van der Waals surface area (Å²) in [5.74, 6) is -4.52. The Morgan fingerprint density at radius 2 is 1.58 bits per heavy atom. The Labute approximate surface area is 107 Å². The van der Waals surface area contributed by atoms with Gasteiger partial charge in [0, 0.05) is 6.26 Å². The van der Waals surface area contributed by atoms with Crippen LogP contribution in [-0.2, 0) is 24.7 Å². The van der Waals surface area contributed by atoms with Crippen LogP contribution in [0.3, 0.4) is 0 Å². The van der Waals surface area contributed by atoms with E-state index in [1.165, 1.54) is 0 Å². The fraction of sp³-hybridized carbons (Fsp3) is 0.857. The first-order chi connectivity index (χ1) is 8.11. The van der Waals surface area contributed by atoms with Crippen LogP contribution in [0.15, 0.2) is 0 Å². The first-order valence-electron chi connectivity index (χ1n) is 4.60. The summed E-state index contributed by atoms with van der Waals surface area (Å²) in [6.07, 6.45) is -4.68. The molecule has 0 aromatic rings. The van der Waals surface area contributed by atoms with Crippen molar-refractivity contribution >= 4 is 25.8 Å². The average molecular weight is 327 g/mol. The van der Waals surface area contributed by atoms with Crippen LogP contribution >= 0.6 is 0 Å². The van der Waals surface area contributed by atoms with Crippen molar-refractivity contribution in [3.05, 3.63) is 0 Å². The number of halogens is 3. The number of alkyl halides is 3. The number of hydrogen-bond donors (Lipinski definition) is 2. The van der Waals surface area contributed by atoms with E-state index in [1.807, 2.05) is 0 Å². The highest BCUT2D eigenvalue weighted by atomic mass is 32.2. The summed E-state index contributed by atoms with van der Waals surface area (Å²) in [5, 5.41) is 8.49. The van der Waals surface area contributed by atoms with Crippen LogP contribution in [0.5, 0.6) is 0 Å². The molecule has 0 amide bonds. The van der Waals surface area contributed by atoms with Crippen LogP contribution < -0.4 is 4.72 Å². The Morgan fingerprint density at radius 3 is 1.84 bits per heavy atom. The summed E-state index contributed by atoms with van der Waals surface area (Å²) in [6, 6.07) is 0. The summed E-state index contributed by atoms with van der Waals surface area (Å²) in [7, 11) is -8.45. The van der Waals surface area contributed by atoms with Crippen molar-refractivity contribution in [2.75, 3.05) is 17.8 Å². The second kappa shape index (κ2) is 5.25. The highest BCUT2D eigenvalue weighted by molar-refractivity contribution is 7.93. The molecule has 1 unspecified atom stereocenters. The quantitative estimate of drug-likeness (QED) is 0.670. The summed E-state index contributed by atoms with van der Waals surface area (Å²) in [5.41, 5.74) is -3.72. The molecule has 0 bridgehead atoms. The van der Waals surface area contributed by atoms with Crippen molar-refractivity contribution < 1.29 is 39.9 Å². The van der Waals surface area contributed by atoms with E-state index in [-0.39, 0.29) is 6.92 Å². The molecule has 12 heteroatoms. The normalized spacial score (nSPS) is 16.9. The first-order valence-corrected chi connectivity index (χ1v) is 8.31. The minimum Gasteiger partial charge on any atom is -0.480 e. The van der Waals surface area contributed by atoms with Gasteiger partial charge in [-0.1, -0.05) is 0 Å². The number of carboxylic acids is 1. The van der Waals surface area contributed by atoms with Crippen molar-refractivity contribution in [2.24, 2.45) is 0 Å². The molecule has 0 saturated heterocycles. The fourth-order valence-corrected chi connectivity index (χ4v) is 3.86. The second-order valence-corrected chi connectivity index (χ2v) is 8.08. The van der Waals surface area contributed by atoms with E-state index < -0.39 is 49.1 Å². The molecule has 0 fully saturated rings. The van der Waals surface area contributed by atoms with E-state index >= 15 is 0 Å². The molecular weight excluding hydrogens is 315 g/mol. The molecule has 0 rings (SSSR count). The molecule has 19 heavy (non-hydrogen) atoms. The Bertz CT molecular complexity index is 552. The lowest BCUT2D eigenvalue weighted by atomic mass is 10.0. The molecule has 0 heterocycles. The lowest BCUT2D eigenvalue weighted by molar-refractivity contribution is -0.201. The summed E-state index contributed by atoms with van der Waals surface area (Å²) in [6.45, 7) is 0.132. The monoisotopic (exact) mass is 327 g/mol. The van der Waals surface area contributed by atoms with Crippen LogP contribution in [0.1, 0.15) is 6.92 Å². The summed E-state index contributed by atoms with van der Waals surface area (Å²) < 4.78 is 82.7. The number of rotatable bonds is 6. The van der Waals surface area contributed by atoms with Gasteiger partial charge in [-0.05, 0) is 6.92 Å². The van der Waals surface area contributed by atoms with Crippen LogP contribution in [0.25, 0.3) is 0 Å². The maximum atomic E-state index is 12.5. The molecule has 0 spiro atoms. The van der Waals surface area contributed by atoms with E-state index in [9.17, 15) is 34.8 Å². The second-order valence-electron chi connectivity index (χ2n) is 3.98. The van der Waals surface area contributed by atoms with Crippen molar-refractivity contribution in [2.45, 2.75) is 18.6 Å². The van der Waals surface area contributed by atoms with Crippen LogP contribution in [0, 0.1) is 0 Å². The van der Waals surface area contributed by atoms with Gasteiger partial charge in [0.05, 0.1) is 11.5 Å². The van der Waals surface area contributed by atoms with Crippen molar-refractivity contribution in [1.82, 2.24) is 4.72 Å². The van der Waals surface area contributed by atoms with Crippen molar-refractivity contribution in [3.63, 3.8) is 0 Å². The third-order valence-electron chi connectivity index (χ3n) is 2.08. The van der Waals surface area contributed by atoms with Crippen molar-refractivity contribution in [1.29, 1.82) is 0 Å². The number of nitrogens with one attached hydrogen (secondary N) is 1. The topological polar surface area (TPSA) is 118 Å². The van der Waals surface area contributed by atoms with Crippen LogP contribution in [-0.4, -0.2) is 57.4 Å². The third kappa shape index (κ3) is 5.32. The molecule has 7 nitrogen and oxygen atoms in total. The number of hydrogen-bond acceptors (Lipinski definition) is 5. The summed E-state index contributed by atoms with van der Waals surface area (Å²) >= 11 is 0. The predicted molar refractivity (Wildman–Crippen MR) is 58.7 cm³/mol. The minimum atomic E-state index is -5.38. The van der Waals surface area contributed by atoms with Gasteiger partial charge in [0.25, 0.3) is 0 Å². The number of carbonyl (C=O) groups is 1. The largest absolute Gasteiger partial charge is 0.480 e. The molecule has 0 radical (unpaired) electrons. The molecule has 2 N–H and O–H groups in total. The van der Waals surface area contributed by atoms with E-state index in [4.69, 9.17) is 5.11 Å². The number of aliphatic carboxylic acids is 1. The van der Waals surface area contributed by atoms with Gasteiger partial charge in [-0.3, -0.25) is 0 Å². The third-order valence-corrected chi connectivity index (χ3v) is 4.74. The van der Waals surface area contributed by atoms with Gasteiger partial charge in [-0.2, -0.15) is 17.9 Å². The Kier molecular flexibility index (Phi) is 5.00. The predicted octanol–water partition coefficient (Wildman–Crippen LogP) is -0.644. The van der Waals surface area contributed by atoms with Crippen LogP contribution in [0.4, 0.5) is 13.2 Å². The number of sulfonamides is 1. The van der Waals surface area contributed by atoms with Gasteiger partial charge in [-0.25, -0.2) is 21.6 Å². The maximum absolute atomic E-state index is 12.5. The molecule has 114 valence electrons. The fourth-order valence-electron chi connectivity index (χ4n) is 0.846. The molecule has 0 saturated carbocycles. The van der Waals surface area contributed by atoms with Gasteiger partial charge < -0.3 is 5.11 Å². The van der Waals surface area contributed by atoms with Gasteiger partial charge >= 0.3 is 12.1 Å². The van der Waals surface area contributed by atoms with E-state index in [0.717, 1.165) is 4.72 Å².